The second-order valence-electron chi connectivity index (χ2n) is 6.99. The zero-order valence-electron chi connectivity index (χ0n) is 15.1. The van der Waals surface area contributed by atoms with E-state index in [0.29, 0.717) is 13.2 Å². The van der Waals surface area contributed by atoms with Crippen molar-refractivity contribution in [1.29, 1.82) is 0 Å². The number of aryl methyl sites for hydroxylation is 1. The van der Waals surface area contributed by atoms with Crippen molar-refractivity contribution in [1.82, 2.24) is 9.97 Å². The normalized spacial score (nSPS) is 23.4. The molecule has 0 bridgehead atoms. The summed E-state index contributed by atoms with van der Waals surface area (Å²) in [4.78, 5) is 11.3. The number of para-hydroxylation sites is 1. The number of ether oxygens (including phenoxy) is 3. The van der Waals surface area contributed by atoms with Gasteiger partial charge in [0.15, 0.2) is 5.13 Å². The zero-order chi connectivity index (χ0) is 18.2. The third-order valence-corrected chi connectivity index (χ3v) is 6.05. The summed E-state index contributed by atoms with van der Waals surface area (Å²) in [6.07, 6.45) is 1.72. The second kappa shape index (κ2) is 7.07. The number of thiazole rings is 1. The number of nitrogens with zero attached hydrogens (tertiary/aromatic N) is 3. The molecule has 3 aromatic rings. The van der Waals surface area contributed by atoms with E-state index in [1.807, 2.05) is 31.2 Å². The van der Waals surface area contributed by atoms with Gasteiger partial charge < -0.3 is 19.1 Å². The molecule has 6 nitrogen and oxygen atoms in total. The number of aromatic nitrogens is 2. The Hall–Kier alpha value is -2.22. The maximum Gasteiger partial charge on any atom is 0.186 e. The van der Waals surface area contributed by atoms with E-state index in [2.05, 4.69) is 22.0 Å². The van der Waals surface area contributed by atoms with Gasteiger partial charge in [0, 0.05) is 18.8 Å². The number of rotatable bonds is 3. The van der Waals surface area contributed by atoms with Crippen molar-refractivity contribution in [3.8, 4) is 5.75 Å². The van der Waals surface area contributed by atoms with Crippen LogP contribution in [0.2, 0.25) is 0 Å². The quantitative estimate of drug-likeness (QED) is 0.693. The van der Waals surface area contributed by atoms with Crippen molar-refractivity contribution in [2.45, 2.75) is 25.2 Å². The predicted molar refractivity (Wildman–Crippen MR) is 105 cm³/mol. The van der Waals surface area contributed by atoms with Crippen LogP contribution in [0.5, 0.6) is 5.75 Å². The van der Waals surface area contributed by atoms with E-state index in [1.165, 1.54) is 4.70 Å². The molecule has 7 heteroatoms. The van der Waals surface area contributed by atoms with Gasteiger partial charge in [0.05, 0.1) is 29.6 Å². The molecule has 5 rings (SSSR count). The highest BCUT2D eigenvalue weighted by Crippen LogP contribution is 2.32. The van der Waals surface area contributed by atoms with Crippen LogP contribution in [0, 0.1) is 6.92 Å². The minimum Gasteiger partial charge on any atom is -0.484 e. The summed E-state index contributed by atoms with van der Waals surface area (Å²) < 4.78 is 19.4. The van der Waals surface area contributed by atoms with Gasteiger partial charge in [0.25, 0.3) is 0 Å². The lowest BCUT2D eigenvalue weighted by atomic mass is 10.3. The molecule has 0 unspecified atom stereocenters. The summed E-state index contributed by atoms with van der Waals surface area (Å²) in [5.74, 6) is 0.751. The highest BCUT2D eigenvalue weighted by Gasteiger charge is 2.39. The van der Waals surface area contributed by atoms with Crippen LogP contribution in [-0.2, 0) is 9.47 Å². The van der Waals surface area contributed by atoms with Crippen molar-refractivity contribution in [2.24, 2.45) is 0 Å². The largest absolute Gasteiger partial charge is 0.484 e. The molecule has 0 amide bonds. The smallest absolute Gasteiger partial charge is 0.186 e. The average molecular weight is 383 g/mol. The molecule has 0 N–H and O–H groups in total. The van der Waals surface area contributed by atoms with E-state index in [4.69, 9.17) is 19.2 Å². The molecule has 2 atom stereocenters. The average Bonchev–Trinajstić information content (AvgIpc) is 3.25. The summed E-state index contributed by atoms with van der Waals surface area (Å²) in [6.45, 7) is 4.58. The molecule has 0 radical (unpaired) electrons. The molecule has 27 heavy (non-hydrogen) atoms. The Morgan fingerprint density at radius 1 is 1.07 bits per heavy atom. The highest BCUT2D eigenvalue weighted by atomic mass is 32.1. The van der Waals surface area contributed by atoms with Crippen molar-refractivity contribution < 1.29 is 14.2 Å². The Labute approximate surface area is 161 Å². The van der Waals surface area contributed by atoms with Gasteiger partial charge in [-0.05, 0) is 31.2 Å². The molecular weight excluding hydrogens is 362 g/mol. The fraction of sp³-hybridized carbons (Fsp3) is 0.400. The van der Waals surface area contributed by atoms with Crippen LogP contribution in [0.25, 0.3) is 10.2 Å². The van der Waals surface area contributed by atoms with Crippen LogP contribution in [0.3, 0.4) is 0 Å². The zero-order valence-corrected chi connectivity index (χ0v) is 15.9. The number of benzene rings is 1. The third-order valence-electron chi connectivity index (χ3n) is 4.95. The maximum atomic E-state index is 6.13. The number of fused-ring (bicyclic) bond motifs is 2. The summed E-state index contributed by atoms with van der Waals surface area (Å²) >= 11 is 1.72. The lowest BCUT2D eigenvalue weighted by Crippen LogP contribution is -2.29. The van der Waals surface area contributed by atoms with Gasteiger partial charge in [0.1, 0.15) is 24.1 Å². The van der Waals surface area contributed by atoms with E-state index in [9.17, 15) is 0 Å². The van der Waals surface area contributed by atoms with Crippen LogP contribution in [0.4, 0.5) is 5.13 Å². The molecule has 0 aliphatic carbocycles. The van der Waals surface area contributed by atoms with Gasteiger partial charge in [-0.1, -0.05) is 23.5 Å². The van der Waals surface area contributed by atoms with Gasteiger partial charge in [-0.3, -0.25) is 4.98 Å². The van der Waals surface area contributed by atoms with E-state index in [1.54, 1.807) is 17.5 Å². The van der Waals surface area contributed by atoms with Gasteiger partial charge >= 0.3 is 0 Å². The van der Waals surface area contributed by atoms with Crippen molar-refractivity contribution in [3.05, 3.63) is 48.3 Å². The minimum absolute atomic E-state index is 0.0433. The van der Waals surface area contributed by atoms with Crippen LogP contribution >= 0.6 is 11.3 Å². The Morgan fingerprint density at radius 2 is 1.85 bits per heavy atom. The van der Waals surface area contributed by atoms with Crippen molar-refractivity contribution in [2.75, 3.05) is 31.2 Å². The third kappa shape index (κ3) is 3.50. The first-order valence-electron chi connectivity index (χ1n) is 9.17. The Balaban J connectivity index is 1.23. The number of anilines is 1. The molecule has 4 heterocycles. The van der Waals surface area contributed by atoms with Gasteiger partial charge in [-0.15, -0.1) is 0 Å². The molecule has 2 aromatic heterocycles. The number of pyridine rings is 1. The van der Waals surface area contributed by atoms with Gasteiger partial charge in [-0.2, -0.15) is 0 Å². The minimum atomic E-state index is -0.115. The van der Waals surface area contributed by atoms with E-state index in [0.717, 1.165) is 35.2 Å². The molecule has 2 fully saturated rings. The SMILES string of the molecule is Cc1ccc(OC2CO[C@H]3CN(c4nc5ccccc5s4)C[C@@H]3OC2)cn1. The number of hydrogen-bond donors (Lipinski definition) is 0. The summed E-state index contributed by atoms with van der Waals surface area (Å²) in [6, 6.07) is 12.1. The van der Waals surface area contributed by atoms with Gasteiger partial charge in [0.2, 0.25) is 0 Å². The standard InChI is InChI=1S/C20H21N3O3S/c1-13-6-7-14(8-21-13)26-15-11-24-17-9-23(10-18(17)25-12-15)20-22-16-4-2-3-5-19(16)27-20/h2-8,15,17-18H,9-12H2,1H3/t17-,18-/m0/s1. The summed E-state index contributed by atoms with van der Waals surface area (Å²) in [5, 5.41) is 1.04. The maximum absolute atomic E-state index is 6.13. The van der Waals surface area contributed by atoms with Crippen LogP contribution in [-0.4, -0.2) is 54.6 Å². The Kier molecular flexibility index (Phi) is 4.43. The molecule has 0 spiro atoms. The van der Waals surface area contributed by atoms with Crippen molar-refractivity contribution >= 4 is 26.7 Å². The van der Waals surface area contributed by atoms with Crippen LogP contribution < -0.4 is 9.64 Å². The number of hydrogen-bond acceptors (Lipinski definition) is 7. The monoisotopic (exact) mass is 383 g/mol. The lowest BCUT2D eigenvalue weighted by molar-refractivity contribution is -0.00461. The first-order valence-corrected chi connectivity index (χ1v) is 9.99. The Morgan fingerprint density at radius 3 is 2.56 bits per heavy atom. The van der Waals surface area contributed by atoms with Crippen LogP contribution in [0.15, 0.2) is 42.6 Å². The summed E-state index contributed by atoms with van der Waals surface area (Å²) in [5.41, 5.74) is 2.02. The second-order valence-corrected chi connectivity index (χ2v) is 8.00. The fourth-order valence-electron chi connectivity index (χ4n) is 3.51. The van der Waals surface area contributed by atoms with E-state index >= 15 is 0 Å². The van der Waals surface area contributed by atoms with Crippen LogP contribution in [0.1, 0.15) is 5.69 Å². The summed E-state index contributed by atoms with van der Waals surface area (Å²) in [7, 11) is 0. The molecule has 1 aromatic carbocycles. The molecular formula is C20H21N3O3S. The molecule has 140 valence electrons. The first-order chi connectivity index (χ1) is 13.2. The fourth-order valence-corrected chi connectivity index (χ4v) is 4.49. The topological polar surface area (TPSA) is 56.7 Å². The highest BCUT2D eigenvalue weighted by molar-refractivity contribution is 7.22. The van der Waals surface area contributed by atoms with Gasteiger partial charge in [-0.25, -0.2) is 4.98 Å². The van der Waals surface area contributed by atoms with E-state index < -0.39 is 0 Å². The first kappa shape index (κ1) is 16.9. The molecule has 2 aliphatic rings. The lowest BCUT2D eigenvalue weighted by Gasteiger charge is -2.19. The molecule has 0 saturated carbocycles. The van der Waals surface area contributed by atoms with E-state index in [-0.39, 0.29) is 18.3 Å². The predicted octanol–water partition coefficient (Wildman–Crippen LogP) is 3.05. The Bertz CT molecular complexity index is 881. The molecule has 2 saturated heterocycles. The van der Waals surface area contributed by atoms with Crippen molar-refractivity contribution in [3.63, 3.8) is 0 Å². The molecule has 2 aliphatic heterocycles.